The first-order valence-electron chi connectivity index (χ1n) is 22.6. The molecule has 0 aliphatic rings. The number of para-hydroxylation sites is 5. The van der Waals surface area contributed by atoms with Crippen molar-refractivity contribution in [1.82, 2.24) is 13.7 Å². The molecule has 0 aliphatic carbocycles. The molecule has 4 heteroatoms. The molecule has 0 saturated heterocycles. The van der Waals surface area contributed by atoms with Crippen LogP contribution >= 0.6 is 0 Å². The zero-order valence-electron chi connectivity index (χ0n) is 37.2. The average molecular weight is 822 g/mol. The van der Waals surface area contributed by atoms with Crippen LogP contribution in [0.3, 0.4) is 0 Å². The zero-order chi connectivity index (χ0) is 43.4. The Morgan fingerprint density at radius 3 is 1.03 bits per heavy atom. The van der Waals surface area contributed by atoms with Crippen LogP contribution in [0.15, 0.2) is 182 Å². The Bertz CT molecular complexity index is 3690. The smallest absolute Gasteiger partial charge is 0.242 e. The fraction of sp³-hybridized carbons (Fsp3) is 0.100. The maximum atomic E-state index is 2.56. The van der Waals surface area contributed by atoms with Gasteiger partial charge in [-0.3, -0.25) is 0 Å². The number of rotatable bonds is 6. The summed E-state index contributed by atoms with van der Waals surface area (Å²) in [6.07, 6.45) is 0. The minimum absolute atomic E-state index is 0.0277. The van der Waals surface area contributed by atoms with E-state index in [0.29, 0.717) is 0 Å². The lowest BCUT2D eigenvalue weighted by molar-refractivity contribution is 1.17. The maximum Gasteiger partial charge on any atom is 0.242 e. The highest BCUT2D eigenvalue weighted by molar-refractivity contribution is 6.96. The van der Waals surface area contributed by atoms with Crippen molar-refractivity contribution in [3.8, 4) is 17.1 Å². The van der Waals surface area contributed by atoms with E-state index in [-0.39, 0.29) is 6.71 Å². The second kappa shape index (κ2) is 14.5. The van der Waals surface area contributed by atoms with Gasteiger partial charge < -0.3 is 13.7 Å². The van der Waals surface area contributed by atoms with Gasteiger partial charge in [0.2, 0.25) is 6.71 Å². The van der Waals surface area contributed by atoms with Crippen molar-refractivity contribution >= 4 is 88.5 Å². The molecule has 0 spiro atoms. The van der Waals surface area contributed by atoms with E-state index < -0.39 is 0 Å². The minimum atomic E-state index is 0.0277. The third-order valence-corrected chi connectivity index (χ3v) is 13.9. The highest BCUT2D eigenvalue weighted by Crippen LogP contribution is 2.50. The van der Waals surface area contributed by atoms with E-state index in [1.54, 1.807) is 0 Å². The number of benzene rings is 9. The van der Waals surface area contributed by atoms with Crippen LogP contribution in [0.2, 0.25) is 0 Å². The summed E-state index contributed by atoms with van der Waals surface area (Å²) >= 11 is 0. The third-order valence-electron chi connectivity index (χ3n) is 13.9. The van der Waals surface area contributed by atoms with Gasteiger partial charge in [-0.15, -0.1) is 0 Å². The number of hydrogen-bond donors (Lipinski definition) is 0. The summed E-state index contributed by atoms with van der Waals surface area (Å²) in [4.78, 5) is 0. The Kier molecular flexibility index (Phi) is 8.65. The number of fused-ring (bicyclic) bond motifs is 12. The Balaban J connectivity index is 1.37. The van der Waals surface area contributed by atoms with Crippen molar-refractivity contribution in [3.05, 3.63) is 215 Å². The molecule has 12 aromatic rings. The van der Waals surface area contributed by atoms with Crippen LogP contribution in [0, 0.1) is 41.5 Å². The molecule has 0 amide bonds. The second-order valence-corrected chi connectivity index (χ2v) is 18.1. The normalized spacial score (nSPS) is 11.9. The molecular weight excluding hydrogens is 773 g/mol. The fourth-order valence-corrected chi connectivity index (χ4v) is 11.7. The molecular formula is C60H48BN3. The largest absolute Gasteiger partial charge is 0.308 e. The predicted octanol–water partition coefficient (Wildman–Crippen LogP) is 13.3. The van der Waals surface area contributed by atoms with Gasteiger partial charge in [0.1, 0.15) is 0 Å². The SMILES string of the molecule is Cc1cc(C)c(B(c2ccc3c(c2)c2c4c(c5ccccc5n4-c4ccccc4)c4c(c5ccccc5n4-c4ccccc4)c2n3-c2ccccc2)c2c(C)cc(C)cc2C)c(C)c1. The van der Waals surface area contributed by atoms with Crippen LogP contribution in [0.4, 0.5) is 0 Å². The highest BCUT2D eigenvalue weighted by Gasteiger charge is 2.32. The van der Waals surface area contributed by atoms with Crippen molar-refractivity contribution in [2.45, 2.75) is 41.5 Å². The Morgan fingerprint density at radius 1 is 0.312 bits per heavy atom. The number of hydrogen-bond acceptors (Lipinski definition) is 0. The third kappa shape index (κ3) is 5.55. The summed E-state index contributed by atoms with van der Waals surface area (Å²) < 4.78 is 7.63. The van der Waals surface area contributed by atoms with Gasteiger partial charge in [0.15, 0.2) is 0 Å². The molecule has 3 aromatic heterocycles. The maximum absolute atomic E-state index is 2.56. The molecule has 3 heterocycles. The van der Waals surface area contributed by atoms with Crippen molar-refractivity contribution < 1.29 is 0 Å². The minimum Gasteiger partial charge on any atom is -0.308 e. The summed E-state index contributed by atoms with van der Waals surface area (Å²) in [5.74, 6) is 0. The van der Waals surface area contributed by atoms with Gasteiger partial charge in [-0.25, -0.2) is 0 Å². The summed E-state index contributed by atoms with van der Waals surface area (Å²) in [5, 5.41) is 7.49. The fourth-order valence-electron chi connectivity index (χ4n) is 11.7. The van der Waals surface area contributed by atoms with E-state index in [2.05, 4.69) is 237 Å². The van der Waals surface area contributed by atoms with Gasteiger partial charge in [-0.2, -0.15) is 0 Å². The van der Waals surface area contributed by atoms with Crippen LogP contribution in [-0.2, 0) is 0 Å². The Hall–Kier alpha value is -7.56. The summed E-state index contributed by atoms with van der Waals surface area (Å²) in [7, 11) is 0. The molecule has 0 radical (unpaired) electrons. The first kappa shape index (κ1) is 38.1. The molecule has 0 saturated carbocycles. The van der Waals surface area contributed by atoms with Gasteiger partial charge >= 0.3 is 0 Å². The molecule has 0 aliphatic heterocycles. The molecule has 0 unspecified atom stereocenters. The van der Waals surface area contributed by atoms with Crippen LogP contribution in [0.5, 0.6) is 0 Å². The second-order valence-electron chi connectivity index (χ2n) is 18.1. The van der Waals surface area contributed by atoms with E-state index in [1.165, 1.54) is 115 Å². The lowest BCUT2D eigenvalue weighted by atomic mass is 9.34. The first-order chi connectivity index (χ1) is 31.3. The van der Waals surface area contributed by atoms with Gasteiger partial charge in [-0.05, 0) is 96.1 Å². The summed E-state index contributed by atoms with van der Waals surface area (Å²) in [6.45, 7) is 13.7. The summed E-state index contributed by atoms with van der Waals surface area (Å²) in [5.41, 5.74) is 22.6. The van der Waals surface area contributed by atoms with Crippen LogP contribution < -0.4 is 16.4 Å². The van der Waals surface area contributed by atoms with Crippen LogP contribution in [0.25, 0.3) is 82.5 Å². The molecule has 0 N–H and O–H groups in total. The van der Waals surface area contributed by atoms with E-state index in [9.17, 15) is 0 Å². The monoisotopic (exact) mass is 821 g/mol. The van der Waals surface area contributed by atoms with Gasteiger partial charge in [0.05, 0.1) is 33.1 Å². The Labute approximate surface area is 374 Å². The van der Waals surface area contributed by atoms with E-state index >= 15 is 0 Å². The lowest BCUT2D eigenvalue weighted by Crippen LogP contribution is -2.55. The van der Waals surface area contributed by atoms with E-state index in [0.717, 1.165) is 17.1 Å². The topological polar surface area (TPSA) is 14.8 Å². The standard InChI is InChI=1S/C60H48BN3/c1-37-32-39(3)56(40(4)33-37)61(57-41(5)34-38(2)35-42(57)6)43-30-31-52-49(36-43)55-59-53(48-27-17-19-29-51(48)63(59)45-22-12-8-13-23-45)58-54(60(55)64(52)46-24-14-9-15-25-46)47-26-16-18-28-50(47)62(58)44-20-10-7-11-21-44/h7-36H,1-6H3. The van der Waals surface area contributed by atoms with Crippen molar-refractivity contribution in [2.75, 3.05) is 0 Å². The van der Waals surface area contributed by atoms with Crippen molar-refractivity contribution in [3.63, 3.8) is 0 Å². The van der Waals surface area contributed by atoms with Crippen LogP contribution in [0.1, 0.15) is 33.4 Å². The zero-order valence-corrected chi connectivity index (χ0v) is 37.2. The summed E-state index contributed by atoms with van der Waals surface area (Å²) in [6, 6.07) is 67.9. The van der Waals surface area contributed by atoms with Gasteiger partial charge in [-0.1, -0.05) is 177 Å². The molecule has 64 heavy (non-hydrogen) atoms. The number of aromatic nitrogens is 3. The Morgan fingerprint density at radius 2 is 0.641 bits per heavy atom. The van der Waals surface area contributed by atoms with E-state index in [1.807, 2.05) is 0 Å². The van der Waals surface area contributed by atoms with Crippen LogP contribution in [-0.4, -0.2) is 20.4 Å². The number of nitrogens with zero attached hydrogens (tertiary/aromatic N) is 3. The molecule has 0 fully saturated rings. The lowest BCUT2D eigenvalue weighted by Gasteiger charge is -2.25. The predicted molar refractivity (Wildman–Crippen MR) is 275 cm³/mol. The molecule has 12 rings (SSSR count). The average Bonchev–Trinajstić information content (AvgIpc) is 3.94. The molecule has 306 valence electrons. The van der Waals surface area contributed by atoms with Gasteiger partial charge in [0.25, 0.3) is 0 Å². The molecule has 0 atom stereocenters. The van der Waals surface area contributed by atoms with Crippen molar-refractivity contribution in [1.29, 1.82) is 0 Å². The molecule has 9 aromatic carbocycles. The molecule has 0 bridgehead atoms. The van der Waals surface area contributed by atoms with Crippen molar-refractivity contribution in [2.24, 2.45) is 0 Å². The molecule has 3 nitrogen and oxygen atoms in total. The quantitative estimate of drug-likeness (QED) is 0.148. The van der Waals surface area contributed by atoms with E-state index in [4.69, 9.17) is 0 Å². The number of aryl methyl sites for hydroxylation is 6. The first-order valence-corrected chi connectivity index (χ1v) is 22.6. The highest BCUT2D eigenvalue weighted by atomic mass is 15.0. The van der Waals surface area contributed by atoms with Gasteiger partial charge in [0, 0.05) is 49.4 Å².